The van der Waals surface area contributed by atoms with Gasteiger partial charge in [-0.2, -0.15) is 0 Å². The van der Waals surface area contributed by atoms with Crippen LogP contribution in [0.5, 0.6) is 0 Å². The maximum absolute atomic E-state index is 14.5. The number of likely N-dealkylation sites (tertiary alicyclic amines) is 1. The first-order valence-corrected chi connectivity index (χ1v) is 12.1. The SMILES string of the molecule is CN1CCC(CC(=O)NC[C@H]2C[C@@H](c3c(-c4ccc(F)cc4)[nH]c4c(F)cc(F)cc43)C2)CC1. The minimum Gasteiger partial charge on any atom is -0.356 e. The smallest absolute Gasteiger partial charge is 0.220 e. The molecule has 2 N–H and O–H groups in total. The van der Waals surface area contributed by atoms with Crippen LogP contribution in [0.15, 0.2) is 36.4 Å². The van der Waals surface area contributed by atoms with Crippen LogP contribution < -0.4 is 5.32 Å². The fourth-order valence-corrected chi connectivity index (χ4v) is 5.51. The van der Waals surface area contributed by atoms with Gasteiger partial charge in [-0.05, 0) is 105 Å². The molecular weight excluding hydrogens is 439 g/mol. The van der Waals surface area contributed by atoms with Crippen molar-refractivity contribution < 1.29 is 18.0 Å². The Morgan fingerprint density at radius 1 is 1.03 bits per heavy atom. The zero-order chi connectivity index (χ0) is 23.8. The Bertz CT molecular complexity index is 1180. The lowest BCUT2D eigenvalue weighted by Crippen LogP contribution is -2.37. The van der Waals surface area contributed by atoms with E-state index in [4.69, 9.17) is 0 Å². The number of fused-ring (bicyclic) bond motifs is 1. The quantitative estimate of drug-likeness (QED) is 0.494. The minimum absolute atomic E-state index is 0.112. The Morgan fingerprint density at radius 3 is 2.44 bits per heavy atom. The molecule has 0 bridgehead atoms. The molecule has 0 atom stereocenters. The highest BCUT2D eigenvalue weighted by atomic mass is 19.1. The number of hydrogen-bond donors (Lipinski definition) is 2. The van der Waals surface area contributed by atoms with Crippen LogP contribution in [-0.2, 0) is 4.79 Å². The third kappa shape index (κ3) is 4.71. The Morgan fingerprint density at radius 2 is 1.74 bits per heavy atom. The number of aromatic nitrogens is 1. The summed E-state index contributed by atoms with van der Waals surface area (Å²) in [6.07, 6.45) is 4.37. The van der Waals surface area contributed by atoms with Crippen molar-refractivity contribution in [2.45, 2.75) is 38.0 Å². The second kappa shape index (κ2) is 9.45. The molecule has 1 saturated heterocycles. The maximum Gasteiger partial charge on any atom is 0.220 e. The average Bonchev–Trinajstić information content (AvgIpc) is 3.14. The van der Waals surface area contributed by atoms with Crippen molar-refractivity contribution in [1.82, 2.24) is 15.2 Å². The van der Waals surface area contributed by atoms with E-state index < -0.39 is 11.6 Å². The van der Waals surface area contributed by atoms with Gasteiger partial charge in [0.15, 0.2) is 0 Å². The zero-order valence-corrected chi connectivity index (χ0v) is 19.3. The van der Waals surface area contributed by atoms with Crippen LogP contribution in [0.1, 0.15) is 43.6 Å². The number of carbonyl (C=O) groups is 1. The predicted octanol–water partition coefficient (Wildman–Crippen LogP) is 5.59. The number of halogens is 3. The van der Waals surface area contributed by atoms with Crippen molar-refractivity contribution in [3.63, 3.8) is 0 Å². The lowest BCUT2D eigenvalue weighted by Gasteiger charge is -2.36. The second-order valence-corrected chi connectivity index (χ2v) is 10.0. The molecule has 0 unspecified atom stereocenters. The summed E-state index contributed by atoms with van der Waals surface area (Å²) in [6, 6.07) is 8.28. The number of hydrogen-bond acceptors (Lipinski definition) is 2. The molecule has 1 aliphatic carbocycles. The van der Waals surface area contributed by atoms with Crippen LogP contribution in [0.25, 0.3) is 22.2 Å². The van der Waals surface area contributed by atoms with E-state index in [1.54, 1.807) is 12.1 Å². The fraction of sp³-hybridized carbons (Fsp3) is 0.444. The number of piperidine rings is 1. The summed E-state index contributed by atoms with van der Waals surface area (Å²) >= 11 is 0. The molecule has 2 heterocycles. The topological polar surface area (TPSA) is 48.1 Å². The number of aromatic amines is 1. The Kier molecular flexibility index (Phi) is 6.38. The molecule has 1 aromatic heterocycles. The molecule has 7 heteroatoms. The van der Waals surface area contributed by atoms with Gasteiger partial charge in [-0.3, -0.25) is 4.79 Å². The average molecular weight is 470 g/mol. The van der Waals surface area contributed by atoms with Crippen molar-refractivity contribution in [3.05, 3.63) is 59.4 Å². The molecule has 1 amide bonds. The highest BCUT2D eigenvalue weighted by Gasteiger charge is 2.35. The molecule has 34 heavy (non-hydrogen) atoms. The van der Waals surface area contributed by atoms with E-state index in [-0.39, 0.29) is 23.2 Å². The van der Waals surface area contributed by atoms with Crippen molar-refractivity contribution >= 4 is 16.8 Å². The number of carbonyl (C=O) groups excluding carboxylic acids is 1. The van der Waals surface area contributed by atoms with Gasteiger partial charge in [0.05, 0.1) is 11.2 Å². The van der Waals surface area contributed by atoms with Gasteiger partial charge in [-0.25, -0.2) is 13.2 Å². The van der Waals surface area contributed by atoms with Gasteiger partial charge in [-0.15, -0.1) is 0 Å². The molecule has 2 aliphatic rings. The van der Waals surface area contributed by atoms with Gasteiger partial charge in [0.2, 0.25) is 5.91 Å². The maximum atomic E-state index is 14.5. The molecule has 1 saturated carbocycles. The molecule has 3 aromatic rings. The molecule has 2 aromatic carbocycles. The van der Waals surface area contributed by atoms with E-state index in [0.717, 1.165) is 56.0 Å². The van der Waals surface area contributed by atoms with Crippen molar-refractivity contribution in [2.24, 2.45) is 11.8 Å². The van der Waals surface area contributed by atoms with Crippen LogP contribution in [0.2, 0.25) is 0 Å². The first-order chi connectivity index (χ1) is 16.4. The van der Waals surface area contributed by atoms with Crippen LogP contribution in [-0.4, -0.2) is 42.5 Å². The Balaban J connectivity index is 1.27. The number of amides is 1. The summed E-state index contributed by atoms with van der Waals surface area (Å²) in [4.78, 5) is 17.8. The van der Waals surface area contributed by atoms with Crippen LogP contribution in [0.4, 0.5) is 13.2 Å². The molecule has 2 fully saturated rings. The number of benzene rings is 2. The Hall–Kier alpha value is -2.80. The van der Waals surface area contributed by atoms with Gasteiger partial charge in [-0.1, -0.05) is 0 Å². The molecule has 0 radical (unpaired) electrons. The van der Waals surface area contributed by atoms with E-state index in [1.165, 1.54) is 18.2 Å². The standard InChI is InChI=1S/C27H30F3N3O/c1-33-8-6-16(7-9-33)12-24(34)31-15-17-10-19(11-17)25-22-13-21(29)14-23(30)27(22)32-26(25)18-2-4-20(28)5-3-18/h2-5,13-14,16-17,19,32H,6-12,15H2,1H3,(H,31,34)/t17-,19+. The van der Waals surface area contributed by atoms with Gasteiger partial charge in [0.1, 0.15) is 17.5 Å². The number of nitrogens with zero attached hydrogens (tertiary/aromatic N) is 1. The minimum atomic E-state index is -0.637. The molecule has 5 rings (SSSR count). The normalized spacial score (nSPS) is 21.5. The fourth-order valence-electron chi connectivity index (χ4n) is 5.51. The number of H-pyrrole nitrogens is 1. The van der Waals surface area contributed by atoms with Gasteiger partial charge >= 0.3 is 0 Å². The second-order valence-electron chi connectivity index (χ2n) is 10.0. The van der Waals surface area contributed by atoms with E-state index >= 15 is 0 Å². The van der Waals surface area contributed by atoms with Crippen LogP contribution in [0, 0.1) is 29.3 Å². The van der Waals surface area contributed by atoms with Crippen molar-refractivity contribution in [2.75, 3.05) is 26.7 Å². The lowest BCUT2D eigenvalue weighted by molar-refractivity contribution is -0.122. The molecule has 0 spiro atoms. The van der Waals surface area contributed by atoms with Crippen LogP contribution in [0.3, 0.4) is 0 Å². The first-order valence-electron chi connectivity index (χ1n) is 12.1. The number of rotatable bonds is 6. The number of nitrogens with one attached hydrogen (secondary N) is 2. The van der Waals surface area contributed by atoms with E-state index in [1.807, 2.05) is 0 Å². The molecular formula is C27H30F3N3O. The van der Waals surface area contributed by atoms with Gasteiger partial charge in [0.25, 0.3) is 0 Å². The largest absolute Gasteiger partial charge is 0.356 e. The summed E-state index contributed by atoms with van der Waals surface area (Å²) in [6.45, 7) is 2.72. The summed E-state index contributed by atoms with van der Waals surface area (Å²) in [5.74, 6) is -0.588. The van der Waals surface area contributed by atoms with Crippen molar-refractivity contribution in [1.29, 1.82) is 0 Å². The van der Waals surface area contributed by atoms with Gasteiger partial charge < -0.3 is 15.2 Å². The lowest BCUT2D eigenvalue weighted by atomic mass is 9.70. The van der Waals surface area contributed by atoms with E-state index in [2.05, 4.69) is 22.2 Å². The van der Waals surface area contributed by atoms with Gasteiger partial charge in [0, 0.05) is 24.4 Å². The van der Waals surface area contributed by atoms with Crippen LogP contribution >= 0.6 is 0 Å². The van der Waals surface area contributed by atoms with E-state index in [9.17, 15) is 18.0 Å². The van der Waals surface area contributed by atoms with E-state index in [0.29, 0.717) is 35.9 Å². The molecule has 180 valence electrons. The highest BCUT2D eigenvalue weighted by molar-refractivity contribution is 5.92. The van der Waals surface area contributed by atoms with Crippen molar-refractivity contribution in [3.8, 4) is 11.3 Å². The first kappa shape index (κ1) is 23.0. The predicted molar refractivity (Wildman–Crippen MR) is 127 cm³/mol. The third-order valence-electron chi connectivity index (χ3n) is 7.54. The molecule has 1 aliphatic heterocycles. The summed E-state index contributed by atoms with van der Waals surface area (Å²) in [5, 5.41) is 3.63. The monoisotopic (exact) mass is 469 g/mol. The zero-order valence-electron chi connectivity index (χ0n) is 19.3. The third-order valence-corrected chi connectivity index (χ3v) is 7.54. The summed E-state index contributed by atoms with van der Waals surface area (Å²) < 4.78 is 42.1. The molecule has 4 nitrogen and oxygen atoms in total. The Labute approximate surface area is 197 Å². The highest BCUT2D eigenvalue weighted by Crippen LogP contribution is 2.48. The summed E-state index contributed by atoms with van der Waals surface area (Å²) in [7, 11) is 2.11. The summed E-state index contributed by atoms with van der Waals surface area (Å²) in [5.41, 5.74) is 2.58.